The zero-order valence-electron chi connectivity index (χ0n) is 13.5. The third-order valence-electron chi connectivity index (χ3n) is 5.16. The van der Waals surface area contributed by atoms with Crippen molar-refractivity contribution in [3.8, 4) is 0 Å². The predicted octanol–water partition coefficient (Wildman–Crippen LogP) is 5.56. The highest BCUT2D eigenvalue weighted by Crippen LogP contribution is 2.35. The van der Waals surface area contributed by atoms with Crippen molar-refractivity contribution in [2.24, 2.45) is 17.8 Å². The largest absolute Gasteiger partial charge is 0.393 e. The fourth-order valence-electron chi connectivity index (χ4n) is 3.57. The highest BCUT2D eigenvalue weighted by atomic mass is 16.3. The van der Waals surface area contributed by atoms with Crippen LogP contribution in [-0.2, 0) is 0 Å². The van der Waals surface area contributed by atoms with Gasteiger partial charge in [-0.25, -0.2) is 0 Å². The van der Waals surface area contributed by atoms with Gasteiger partial charge in [0.05, 0.1) is 6.10 Å². The van der Waals surface area contributed by atoms with Crippen LogP contribution in [0.15, 0.2) is 0 Å². The van der Waals surface area contributed by atoms with E-state index in [0.29, 0.717) is 5.92 Å². The average Bonchev–Trinajstić information content (AvgIpc) is 2.42. The Kier molecular flexibility index (Phi) is 8.77. The van der Waals surface area contributed by atoms with Crippen molar-refractivity contribution in [3.05, 3.63) is 0 Å². The van der Waals surface area contributed by atoms with Crippen LogP contribution in [0, 0.1) is 17.8 Å². The average molecular weight is 268 g/mol. The predicted molar refractivity (Wildman–Crippen MR) is 84.3 cm³/mol. The van der Waals surface area contributed by atoms with Crippen molar-refractivity contribution < 1.29 is 5.11 Å². The fourth-order valence-corrected chi connectivity index (χ4v) is 3.57. The Balaban J connectivity index is 2.05. The maximum Gasteiger partial charge on any atom is 0.0568 e. The number of hydrogen-bond acceptors (Lipinski definition) is 1. The van der Waals surface area contributed by atoms with E-state index in [1.165, 1.54) is 64.2 Å². The van der Waals surface area contributed by atoms with E-state index in [-0.39, 0.29) is 6.10 Å². The number of aliphatic hydroxyl groups excluding tert-OH is 1. The fraction of sp³-hybridized carbons (Fsp3) is 1.00. The Morgan fingerprint density at radius 2 is 1.37 bits per heavy atom. The Morgan fingerprint density at radius 1 is 0.842 bits per heavy atom. The number of hydrogen-bond donors (Lipinski definition) is 1. The van der Waals surface area contributed by atoms with E-state index in [1.54, 1.807) is 0 Å². The summed E-state index contributed by atoms with van der Waals surface area (Å²) in [7, 11) is 0. The van der Waals surface area contributed by atoms with E-state index >= 15 is 0 Å². The molecule has 0 radical (unpaired) electrons. The summed E-state index contributed by atoms with van der Waals surface area (Å²) in [5.41, 5.74) is 0. The zero-order valence-corrected chi connectivity index (χ0v) is 13.5. The van der Waals surface area contributed by atoms with E-state index in [4.69, 9.17) is 0 Å². The SMILES string of the molecule is CCCCCCCCC(O)C1CCC(C(C)C)CC1. The molecule has 0 aliphatic heterocycles. The van der Waals surface area contributed by atoms with Crippen LogP contribution >= 0.6 is 0 Å². The lowest BCUT2D eigenvalue weighted by Crippen LogP contribution is -2.27. The van der Waals surface area contributed by atoms with Crippen LogP contribution in [0.1, 0.15) is 91.4 Å². The van der Waals surface area contributed by atoms with Crippen molar-refractivity contribution in [2.75, 3.05) is 0 Å². The molecule has 1 N–H and O–H groups in total. The van der Waals surface area contributed by atoms with Crippen LogP contribution in [0.5, 0.6) is 0 Å². The molecule has 0 saturated heterocycles. The Labute approximate surface area is 121 Å². The highest BCUT2D eigenvalue weighted by Gasteiger charge is 2.27. The molecule has 1 nitrogen and oxygen atoms in total. The molecule has 0 amide bonds. The normalized spacial score (nSPS) is 25.7. The minimum Gasteiger partial charge on any atom is -0.393 e. The van der Waals surface area contributed by atoms with E-state index in [0.717, 1.165) is 18.3 Å². The summed E-state index contributed by atoms with van der Waals surface area (Å²) in [6.07, 6.45) is 14.2. The summed E-state index contributed by atoms with van der Waals surface area (Å²) in [6, 6.07) is 0. The van der Waals surface area contributed by atoms with E-state index in [1.807, 2.05) is 0 Å². The molecular formula is C18H36O. The summed E-state index contributed by atoms with van der Waals surface area (Å²) < 4.78 is 0. The van der Waals surface area contributed by atoms with Gasteiger partial charge < -0.3 is 5.11 Å². The molecule has 1 aliphatic rings. The molecule has 0 aromatic rings. The van der Waals surface area contributed by atoms with Crippen molar-refractivity contribution in [2.45, 2.75) is 97.5 Å². The monoisotopic (exact) mass is 268 g/mol. The second kappa shape index (κ2) is 9.80. The van der Waals surface area contributed by atoms with Gasteiger partial charge in [-0.1, -0.05) is 59.3 Å². The topological polar surface area (TPSA) is 20.2 Å². The number of rotatable bonds is 9. The third kappa shape index (κ3) is 6.79. The molecule has 114 valence electrons. The van der Waals surface area contributed by atoms with Gasteiger partial charge in [0.25, 0.3) is 0 Å². The molecule has 1 fully saturated rings. The van der Waals surface area contributed by atoms with E-state index < -0.39 is 0 Å². The quantitative estimate of drug-likeness (QED) is 0.543. The molecule has 0 aromatic carbocycles. The summed E-state index contributed by atoms with van der Waals surface area (Å²) in [5.74, 6) is 2.35. The van der Waals surface area contributed by atoms with Crippen LogP contribution in [0.3, 0.4) is 0 Å². The van der Waals surface area contributed by atoms with Gasteiger partial charge in [-0.3, -0.25) is 0 Å². The number of unbranched alkanes of at least 4 members (excludes halogenated alkanes) is 5. The molecule has 1 atom stereocenters. The van der Waals surface area contributed by atoms with Gasteiger partial charge in [0, 0.05) is 0 Å². The maximum atomic E-state index is 10.3. The van der Waals surface area contributed by atoms with Crippen LogP contribution in [0.25, 0.3) is 0 Å². The first-order chi connectivity index (χ1) is 9.15. The van der Waals surface area contributed by atoms with Crippen molar-refractivity contribution in [1.29, 1.82) is 0 Å². The van der Waals surface area contributed by atoms with Crippen LogP contribution in [0.4, 0.5) is 0 Å². The lowest BCUT2D eigenvalue weighted by atomic mass is 9.74. The van der Waals surface area contributed by atoms with Gasteiger partial charge in [0.15, 0.2) is 0 Å². The van der Waals surface area contributed by atoms with Gasteiger partial charge >= 0.3 is 0 Å². The summed E-state index contributed by atoms with van der Waals surface area (Å²) in [4.78, 5) is 0. The molecule has 1 aliphatic carbocycles. The van der Waals surface area contributed by atoms with E-state index in [2.05, 4.69) is 20.8 Å². The molecule has 0 aromatic heterocycles. The van der Waals surface area contributed by atoms with Gasteiger partial charge in [-0.2, -0.15) is 0 Å². The Morgan fingerprint density at radius 3 is 1.95 bits per heavy atom. The standard InChI is InChI=1S/C18H36O/c1-4-5-6-7-8-9-10-18(19)17-13-11-16(12-14-17)15(2)3/h15-19H,4-14H2,1-3H3. The number of aliphatic hydroxyl groups is 1. The van der Waals surface area contributed by atoms with Gasteiger partial charge in [0.2, 0.25) is 0 Å². The second-order valence-electron chi connectivity index (χ2n) is 7.04. The summed E-state index contributed by atoms with van der Waals surface area (Å²) >= 11 is 0. The van der Waals surface area contributed by atoms with Crippen LogP contribution in [0.2, 0.25) is 0 Å². The Hall–Kier alpha value is -0.0400. The maximum absolute atomic E-state index is 10.3. The lowest BCUT2D eigenvalue weighted by Gasteiger charge is -2.33. The summed E-state index contributed by atoms with van der Waals surface area (Å²) in [5, 5.41) is 10.3. The van der Waals surface area contributed by atoms with Crippen molar-refractivity contribution >= 4 is 0 Å². The second-order valence-corrected chi connectivity index (χ2v) is 7.04. The van der Waals surface area contributed by atoms with Gasteiger partial charge in [0.1, 0.15) is 0 Å². The van der Waals surface area contributed by atoms with Gasteiger partial charge in [-0.15, -0.1) is 0 Å². The first-order valence-electron chi connectivity index (χ1n) is 8.83. The van der Waals surface area contributed by atoms with Crippen LogP contribution in [-0.4, -0.2) is 11.2 Å². The van der Waals surface area contributed by atoms with Crippen LogP contribution < -0.4 is 0 Å². The minimum atomic E-state index is -0.0145. The van der Waals surface area contributed by atoms with Gasteiger partial charge in [-0.05, 0) is 49.9 Å². The Bertz CT molecular complexity index is 204. The first kappa shape index (κ1) is 17.0. The molecule has 0 bridgehead atoms. The van der Waals surface area contributed by atoms with Crippen molar-refractivity contribution in [3.63, 3.8) is 0 Å². The molecule has 1 unspecified atom stereocenters. The first-order valence-corrected chi connectivity index (χ1v) is 8.83. The molecule has 1 saturated carbocycles. The summed E-state index contributed by atoms with van der Waals surface area (Å²) in [6.45, 7) is 6.95. The lowest BCUT2D eigenvalue weighted by molar-refractivity contribution is 0.0588. The van der Waals surface area contributed by atoms with Crippen molar-refractivity contribution in [1.82, 2.24) is 0 Å². The molecule has 1 heteroatoms. The molecule has 0 spiro atoms. The molecule has 1 rings (SSSR count). The molecular weight excluding hydrogens is 232 g/mol. The molecule has 0 heterocycles. The third-order valence-corrected chi connectivity index (χ3v) is 5.16. The molecule has 19 heavy (non-hydrogen) atoms. The minimum absolute atomic E-state index is 0.0145. The smallest absolute Gasteiger partial charge is 0.0568 e. The highest BCUT2D eigenvalue weighted by molar-refractivity contribution is 4.78. The zero-order chi connectivity index (χ0) is 14.1. The van der Waals surface area contributed by atoms with E-state index in [9.17, 15) is 5.11 Å².